The van der Waals surface area contributed by atoms with Crippen LogP contribution in [0.2, 0.25) is 0 Å². The maximum absolute atomic E-state index is 5.82. The number of nitrogen functional groups attached to an aromatic ring is 1. The van der Waals surface area contributed by atoms with Crippen molar-refractivity contribution in [1.29, 1.82) is 0 Å². The monoisotopic (exact) mass is 221 g/mol. The molecule has 1 heterocycles. The normalized spacial score (nSPS) is 17.1. The Bertz CT molecular complexity index is 350. The minimum Gasteiger partial charge on any atom is -0.396 e. The number of methoxy groups -OCH3 is 1. The van der Waals surface area contributed by atoms with E-state index in [0.29, 0.717) is 11.1 Å². The summed E-state index contributed by atoms with van der Waals surface area (Å²) in [6, 6.07) is 1.92. The summed E-state index contributed by atoms with van der Waals surface area (Å²) < 4.78 is 5.13. The lowest BCUT2D eigenvalue weighted by Crippen LogP contribution is -2.17. The molecular weight excluding hydrogens is 202 g/mol. The van der Waals surface area contributed by atoms with Gasteiger partial charge in [-0.15, -0.1) is 0 Å². The molecule has 1 aliphatic carbocycles. The number of nitrogens with one attached hydrogen (secondary N) is 1. The molecule has 4 nitrogen and oxygen atoms in total. The molecule has 1 saturated carbocycles. The van der Waals surface area contributed by atoms with E-state index in [-0.39, 0.29) is 0 Å². The topological polar surface area (TPSA) is 60.2 Å². The average Bonchev–Trinajstić information content (AvgIpc) is 3.06. The van der Waals surface area contributed by atoms with Gasteiger partial charge in [0.05, 0.1) is 17.6 Å². The largest absolute Gasteiger partial charge is 0.396 e. The Hall–Kier alpha value is -1.29. The van der Waals surface area contributed by atoms with E-state index in [1.807, 2.05) is 6.07 Å². The van der Waals surface area contributed by atoms with Crippen molar-refractivity contribution in [3.8, 4) is 0 Å². The third-order valence-electron chi connectivity index (χ3n) is 3.30. The Morgan fingerprint density at radius 3 is 3.00 bits per heavy atom. The molecule has 0 amide bonds. The van der Waals surface area contributed by atoms with Gasteiger partial charge >= 0.3 is 0 Å². The number of aromatic nitrogens is 1. The van der Waals surface area contributed by atoms with Crippen molar-refractivity contribution in [1.82, 2.24) is 4.98 Å². The minimum atomic E-state index is 0.436. The van der Waals surface area contributed by atoms with Crippen LogP contribution in [0.15, 0.2) is 18.5 Å². The van der Waals surface area contributed by atoms with E-state index in [1.54, 1.807) is 19.5 Å². The molecule has 2 rings (SSSR count). The van der Waals surface area contributed by atoms with Crippen molar-refractivity contribution in [2.24, 2.45) is 5.41 Å². The average molecular weight is 221 g/mol. The summed E-state index contributed by atoms with van der Waals surface area (Å²) in [6.45, 7) is 1.82. The molecule has 88 valence electrons. The molecule has 0 unspecified atom stereocenters. The number of pyridine rings is 1. The lowest BCUT2D eigenvalue weighted by Gasteiger charge is -2.17. The van der Waals surface area contributed by atoms with Crippen LogP contribution >= 0.6 is 0 Å². The van der Waals surface area contributed by atoms with Gasteiger partial charge in [-0.3, -0.25) is 4.98 Å². The third-order valence-corrected chi connectivity index (χ3v) is 3.30. The second-order valence-corrected chi connectivity index (χ2v) is 4.56. The van der Waals surface area contributed by atoms with Crippen LogP contribution < -0.4 is 11.1 Å². The molecule has 1 fully saturated rings. The fourth-order valence-corrected chi connectivity index (χ4v) is 1.86. The minimum absolute atomic E-state index is 0.436. The lowest BCUT2D eigenvalue weighted by atomic mass is 10.0. The van der Waals surface area contributed by atoms with E-state index < -0.39 is 0 Å². The van der Waals surface area contributed by atoms with Gasteiger partial charge in [-0.25, -0.2) is 0 Å². The van der Waals surface area contributed by atoms with E-state index in [9.17, 15) is 0 Å². The fourth-order valence-electron chi connectivity index (χ4n) is 1.86. The molecule has 4 heteroatoms. The zero-order valence-corrected chi connectivity index (χ0v) is 9.70. The molecular formula is C12H19N3O. The second kappa shape index (κ2) is 4.70. The van der Waals surface area contributed by atoms with Crippen molar-refractivity contribution in [2.45, 2.75) is 19.3 Å². The van der Waals surface area contributed by atoms with Crippen LogP contribution in [0.1, 0.15) is 19.3 Å². The Balaban J connectivity index is 1.85. The first kappa shape index (κ1) is 11.2. The van der Waals surface area contributed by atoms with Gasteiger partial charge in [0.1, 0.15) is 0 Å². The number of nitrogens with zero attached hydrogens (tertiary/aromatic N) is 1. The van der Waals surface area contributed by atoms with Crippen molar-refractivity contribution in [2.75, 3.05) is 31.3 Å². The highest BCUT2D eigenvalue weighted by Gasteiger charge is 2.41. The van der Waals surface area contributed by atoms with Gasteiger partial charge < -0.3 is 15.8 Å². The van der Waals surface area contributed by atoms with Gasteiger partial charge in [0, 0.05) is 26.5 Å². The Labute approximate surface area is 96.2 Å². The zero-order chi connectivity index (χ0) is 11.4. The molecule has 0 atom stereocenters. The highest BCUT2D eigenvalue weighted by atomic mass is 16.5. The quantitative estimate of drug-likeness (QED) is 0.770. The summed E-state index contributed by atoms with van der Waals surface area (Å²) >= 11 is 0. The molecule has 0 aromatic carbocycles. The van der Waals surface area contributed by atoms with Crippen LogP contribution in [0.4, 0.5) is 11.4 Å². The third kappa shape index (κ3) is 2.64. The molecule has 1 aromatic heterocycles. The maximum Gasteiger partial charge on any atom is 0.0736 e. The summed E-state index contributed by atoms with van der Waals surface area (Å²) in [7, 11) is 1.75. The van der Waals surface area contributed by atoms with Crippen molar-refractivity contribution >= 4 is 11.4 Å². The number of nitrogens with two attached hydrogens (primary N) is 1. The summed E-state index contributed by atoms with van der Waals surface area (Å²) in [5, 5.41) is 3.40. The SMILES string of the molecule is COCCC1(CNc2ccncc2N)CC1. The van der Waals surface area contributed by atoms with Crippen molar-refractivity contribution in [3.63, 3.8) is 0 Å². The van der Waals surface area contributed by atoms with Crippen LogP contribution in [0.25, 0.3) is 0 Å². The van der Waals surface area contributed by atoms with Gasteiger partial charge in [0.2, 0.25) is 0 Å². The second-order valence-electron chi connectivity index (χ2n) is 4.56. The number of anilines is 2. The van der Waals surface area contributed by atoms with E-state index in [2.05, 4.69) is 10.3 Å². The van der Waals surface area contributed by atoms with E-state index >= 15 is 0 Å². The highest BCUT2D eigenvalue weighted by Crippen LogP contribution is 2.48. The Morgan fingerprint density at radius 1 is 1.56 bits per heavy atom. The fraction of sp³-hybridized carbons (Fsp3) is 0.583. The first-order valence-electron chi connectivity index (χ1n) is 5.68. The number of hydrogen-bond donors (Lipinski definition) is 2. The van der Waals surface area contributed by atoms with Gasteiger partial charge in [0.15, 0.2) is 0 Å². The molecule has 1 aliphatic rings. The van der Waals surface area contributed by atoms with Gasteiger partial charge in [-0.1, -0.05) is 0 Å². The zero-order valence-electron chi connectivity index (χ0n) is 9.70. The van der Waals surface area contributed by atoms with Crippen LogP contribution in [0.5, 0.6) is 0 Å². The maximum atomic E-state index is 5.82. The van der Waals surface area contributed by atoms with Crippen molar-refractivity contribution in [3.05, 3.63) is 18.5 Å². The molecule has 3 N–H and O–H groups in total. The predicted molar refractivity (Wildman–Crippen MR) is 65.3 cm³/mol. The van der Waals surface area contributed by atoms with Gasteiger partial charge in [-0.2, -0.15) is 0 Å². The van der Waals surface area contributed by atoms with Gasteiger partial charge in [0.25, 0.3) is 0 Å². The molecule has 0 spiro atoms. The molecule has 0 bridgehead atoms. The predicted octanol–water partition coefficient (Wildman–Crippen LogP) is 1.89. The molecule has 16 heavy (non-hydrogen) atoms. The van der Waals surface area contributed by atoms with Crippen LogP contribution in [-0.2, 0) is 4.74 Å². The smallest absolute Gasteiger partial charge is 0.0736 e. The summed E-state index contributed by atoms with van der Waals surface area (Å²) in [5.41, 5.74) is 7.95. The van der Waals surface area contributed by atoms with E-state index in [4.69, 9.17) is 10.5 Å². The number of rotatable bonds is 6. The number of hydrogen-bond acceptors (Lipinski definition) is 4. The van der Waals surface area contributed by atoms with Crippen molar-refractivity contribution < 1.29 is 4.74 Å². The standard InChI is InChI=1S/C12H19N3O/c1-16-7-5-12(3-4-12)9-15-11-2-6-14-8-10(11)13/h2,6,8H,3-5,7,9,13H2,1H3,(H,14,15). The Morgan fingerprint density at radius 2 is 2.38 bits per heavy atom. The van der Waals surface area contributed by atoms with Crippen LogP contribution in [-0.4, -0.2) is 25.2 Å². The molecule has 0 saturated heterocycles. The van der Waals surface area contributed by atoms with Crippen LogP contribution in [0.3, 0.4) is 0 Å². The first-order chi connectivity index (χ1) is 7.76. The van der Waals surface area contributed by atoms with Gasteiger partial charge in [-0.05, 0) is 30.7 Å². The summed E-state index contributed by atoms with van der Waals surface area (Å²) in [4.78, 5) is 3.97. The number of ether oxygens (including phenoxy) is 1. The summed E-state index contributed by atoms with van der Waals surface area (Å²) in [5.74, 6) is 0. The van der Waals surface area contributed by atoms with E-state index in [0.717, 1.165) is 25.3 Å². The molecule has 0 aliphatic heterocycles. The summed E-state index contributed by atoms with van der Waals surface area (Å²) in [6.07, 6.45) is 7.13. The van der Waals surface area contributed by atoms with E-state index in [1.165, 1.54) is 12.8 Å². The highest BCUT2D eigenvalue weighted by molar-refractivity contribution is 5.64. The first-order valence-corrected chi connectivity index (χ1v) is 5.68. The van der Waals surface area contributed by atoms with Crippen LogP contribution in [0, 0.1) is 5.41 Å². The molecule has 1 aromatic rings. The lowest BCUT2D eigenvalue weighted by molar-refractivity contribution is 0.175. The Kier molecular flexibility index (Phi) is 3.29. The molecule has 0 radical (unpaired) electrons.